The summed E-state index contributed by atoms with van der Waals surface area (Å²) in [4.78, 5) is 44.2. The zero-order valence-corrected chi connectivity index (χ0v) is 27.2. The summed E-state index contributed by atoms with van der Waals surface area (Å²) in [5.74, 6) is -0.582. The summed E-state index contributed by atoms with van der Waals surface area (Å²) in [6.07, 6.45) is 10.5. The van der Waals surface area contributed by atoms with Crippen LogP contribution >= 0.6 is 11.8 Å². The highest BCUT2D eigenvalue weighted by Gasteiger charge is 2.31. The van der Waals surface area contributed by atoms with E-state index in [1.165, 1.54) is 19.3 Å². The van der Waals surface area contributed by atoms with Crippen molar-refractivity contribution in [1.29, 1.82) is 0 Å². The summed E-state index contributed by atoms with van der Waals surface area (Å²) in [6, 6.07) is 14.2. The minimum absolute atomic E-state index is 0.0619. The van der Waals surface area contributed by atoms with Crippen molar-refractivity contribution < 1.29 is 24.2 Å². The summed E-state index contributed by atoms with van der Waals surface area (Å²) in [5.41, 5.74) is 0.936. The van der Waals surface area contributed by atoms with Gasteiger partial charge >= 0.3 is 5.97 Å². The van der Waals surface area contributed by atoms with Crippen molar-refractivity contribution in [2.45, 2.75) is 114 Å². The van der Waals surface area contributed by atoms with Crippen molar-refractivity contribution in [2.24, 2.45) is 11.8 Å². The average molecular weight is 626 g/mol. The van der Waals surface area contributed by atoms with Gasteiger partial charge in [0, 0.05) is 11.9 Å². The minimum atomic E-state index is -0.758. The van der Waals surface area contributed by atoms with Crippen molar-refractivity contribution >= 4 is 29.5 Å². The SMILES string of the molecule is CCCC[C@H](NC(=O)C(CC(=O)OCC)Cc1ccccc1)C(=O)N[C@@H](CC1CCCCC1)[C@@H](O)CCSc1ccccn1. The summed E-state index contributed by atoms with van der Waals surface area (Å²) in [7, 11) is 0. The van der Waals surface area contributed by atoms with E-state index in [1.807, 2.05) is 55.5 Å². The van der Waals surface area contributed by atoms with Crippen LogP contribution in [0.3, 0.4) is 0 Å². The number of nitrogens with zero attached hydrogens (tertiary/aromatic N) is 1. The molecule has 2 aromatic rings. The fourth-order valence-corrected chi connectivity index (χ4v) is 6.72. The fraction of sp³-hybridized carbons (Fsp3) is 0.600. The maximum atomic E-state index is 13.8. The van der Waals surface area contributed by atoms with Crippen LogP contribution in [0.25, 0.3) is 0 Å². The van der Waals surface area contributed by atoms with Gasteiger partial charge in [0.05, 0.1) is 36.1 Å². The second-order valence-electron chi connectivity index (χ2n) is 11.8. The van der Waals surface area contributed by atoms with Gasteiger partial charge < -0.3 is 20.5 Å². The Kier molecular flexibility index (Phi) is 16.3. The lowest BCUT2D eigenvalue weighted by molar-refractivity contribution is -0.146. The van der Waals surface area contributed by atoms with E-state index in [2.05, 4.69) is 15.6 Å². The number of esters is 1. The number of ether oxygens (including phenoxy) is 1. The number of hydrogen-bond donors (Lipinski definition) is 3. The van der Waals surface area contributed by atoms with Gasteiger partial charge in [0.15, 0.2) is 0 Å². The van der Waals surface area contributed by atoms with Gasteiger partial charge in [-0.05, 0) is 56.2 Å². The van der Waals surface area contributed by atoms with Crippen molar-refractivity contribution in [3.63, 3.8) is 0 Å². The molecule has 2 amide bonds. The summed E-state index contributed by atoms with van der Waals surface area (Å²) in [6.45, 7) is 4.03. The molecule has 3 rings (SSSR count). The largest absolute Gasteiger partial charge is 0.466 e. The molecule has 242 valence electrons. The van der Waals surface area contributed by atoms with Crippen LogP contribution in [0.5, 0.6) is 0 Å². The average Bonchev–Trinajstić information content (AvgIpc) is 3.03. The molecular formula is C35H51N3O5S. The summed E-state index contributed by atoms with van der Waals surface area (Å²) >= 11 is 1.59. The molecule has 44 heavy (non-hydrogen) atoms. The normalized spacial score (nSPS) is 16.3. The Morgan fingerprint density at radius 2 is 1.73 bits per heavy atom. The Balaban J connectivity index is 1.70. The Hall–Kier alpha value is -2.91. The zero-order valence-electron chi connectivity index (χ0n) is 26.4. The lowest BCUT2D eigenvalue weighted by atomic mass is 9.83. The molecule has 0 bridgehead atoms. The fourth-order valence-electron chi connectivity index (χ4n) is 5.84. The number of aliphatic hydroxyl groups is 1. The van der Waals surface area contributed by atoms with E-state index < -0.39 is 30.1 Å². The lowest BCUT2D eigenvalue weighted by Gasteiger charge is -2.32. The number of carbonyl (C=O) groups is 3. The number of amides is 2. The van der Waals surface area contributed by atoms with Gasteiger partial charge in [-0.25, -0.2) is 4.98 Å². The maximum absolute atomic E-state index is 13.8. The second-order valence-corrected chi connectivity index (χ2v) is 12.9. The first-order valence-electron chi connectivity index (χ1n) is 16.4. The topological polar surface area (TPSA) is 118 Å². The molecule has 1 unspecified atom stereocenters. The van der Waals surface area contributed by atoms with Crippen LogP contribution < -0.4 is 10.6 Å². The minimum Gasteiger partial charge on any atom is -0.466 e. The highest BCUT2D eigenvalue weighted by atomic mass is 32.2. The quantitative estimate of drug-likeness (QED) is 0.132. The molecule has 1 aliphatic rings. The number of thioether (sulfide) groups is 1. The van der Waals surface area contributed by atoms with Crippen LogP contribution in [0.2, 0.25) is 0 Å². The zero-order chi connectivity index (χ0) is 31.6. The van der Waals surface area contributed by atoms with Gasteiger partial charge in [0.1, 0.15) is 6.04 Å². The van der Waals surface area contributed by atoms with Crippen molar-refractivity contribution in [2.75, 3.05) is 12.4 Å². The van der Waals surface area contributed by atoms with E-state index >= 15 is 0 Å². The van der Waals surface area contributed by atoms with Gasteiger partial charge in [-0.1, -0.05) is 88.3 Å². The van der Waals surface area contributed by atoms with Crippen LogP contribution in [-0.2, 0) is 25.5 Å². The van der Waals surface area contributed by atoms with Crippen LogP contribution in [-0.4, -0.2) is 58.4 Å². The first-order valence-corrected chi connectivity index (χ1v) is 17.4. The molecule has 0 saturated heterocycles. The monoisotopic (exact) mass is 625 g/mol. The molecule has 4 atom stereocenters. The summed E-state index contributed by atoms with van der Waals surface area (Å²) < 4.78 is 5.16. The highest BCUT2D eigenvalue weighted by molar-refractivity contribution is 7.99. The predicted molar refractivity (Wildman–Crippen MR) is 175 cm³/mol. The number of rotatable bonds is 19. The summed E-state index contributed by atoms with van der Waals surface area (Å²) in [5, 5.41) is 18.4. The van der Waals surface area contributed by atoms with Crippen molar-refractivity contribution in [3.8, 4) is 0 Å². The predicted octanol–water partition coefficient (Wildman–Crippen LogP) is 5.87. The van der Waals surface area contributed by atoms with Crippen LogP contribution in [0.15, 0.2) is 59.8 Å². The lowest BCUT2D eigenvalue weighted by Crippen LogP contribution is -2.54. The molecule has 0 radical (unpaired) electrons. The van der Waals surface area contributed by atoms with Crippen LogP contribution in [0.4, 0.5) is 0 Å². The molecule has 9 heteroatoms. The number of nitrogens with one attached hydrogen (secondary N) is 2. The Morgan fingerprint density at radius 1 is 0.977 bits per heavy atom. The Morgan fingerprint density at radius 3 is 2.41 bits per heavy atom. The number of aliphatic hydroxyl groups excluding tert-OH is 1. The second kappa shape index (κ2) is 20.2. The van der Waals surface area contributed by atoms with E-state index in [-0.39, 0.29) is 24.8 Å². The van der Waals surface area contributed by atoms with Gasteiger partial charge in [-0.2, -0.15) is 0 Å². The molecule has 3 N–H and O–H groups in total. The molecule has 1 aliphatic carbocycles. The van der Waals surface area contributed by atoms with Gasteiger partial charge in [0.2, 0.25) is 11.8 Å². The molecule has 1 aromatic heterocycles. The number of pyridine rings is 1. The van der Waals surface area contributed by atoms with Crippen LogP contribution in [0.1, 0.15) is 90.0 Å². The molecule has 0 spiro atoms. The first kappa shape index (κ1) is 35.6. The molecule has 1 heterocycles. The number of unbranched alkanes of at least 4 members (excludes halogenated alkanes) is 1. The third-order valence-corrected chi connectivity index (χ3v) is 9.28. The number of aromatic nitrogens is 1. The maximum Gasteiger partial charge on any atom is 0.306 e. The molecule has 8 nitrogen and oxygen atoms in total. The first-order chi connectivity index (χ1) is 21.4. The molecule has 1 saturated carbocycles. The number of benzene rings is 1. The van der Waals surface area contributed by atoms with E-state index in [1.54, 1.807) is 24.9 Å². The van der Waals surface area contributed by atoms with E-state index in [9.17, 15) is 19.5 Å². The third kappa shape index (κ3) is 13.0. The van der Waals surface area contributed by atoms with Gasteiger partial charge in [-0.15, -0.1) is 11.8 Å². The molecular weight excluding hydrogens is 574 g/mol. The standard InChI is InChI=1S/C35H51N3O5S/c1-3-5-18-29(37-34(41)28(25-33(40)43-4-2)23-26-14-8-6-9-15-26)35(42)38-30(24-27-16-10-7-11-17-27)31(39)20-22-44-32-19-12-13-21-36-32/h6,8-9,12-15,19,21,27-31,39H,3-5,7,10-11,16-18,20,22-25H2,1-2H3,(H,37,41)(H,38,42)/t28?,29-,30-,31-/m0/s1. The smallest absolute Gasteiger partial charge is 0.306 e. The van der Waals surface area contributed by atoms with E-state index in [0.717, 1.165) is 42.7 Å². The highest BCUT2D eigenvalue weighted by Crippen LogP contribution is 2.29. The van der Waals surface area contributed by atoms with E-state index in [4.69, 9.17) is 4.74 Å². The van der Waals surface area contributed by atoms with Gasteiger partial charge in [0.25, 0.3) is 0 Å². The third-order valence-electron chi connectivity index (χ3n) is 8.30. The molecule has 0 aliphatic heterocycles. The van der Waals surface area contributed by atoms with Crippen LogP contribution in [0, 0.1) is 11.8 Å². The number of carbonyl (C=O) groups excluding carboxylic acids is 3. The Labute approximate surface area is 267 Å². The van der Waals surface area contributed by atoms with Gasteiger partial charge in [-0.3, -0.25) is 14.4 Å². The van der Waals surface area contributed by atoms with Crippen molar-refractivity contribution in [1.82, 2.24) is 15.6 Å². The molecule has 1 fully saturated rings. The van der Waals surface area contributed by atoms with E-state index in [0.29, 0.717) is 30.9 Å². The van der Waals surface area contributed by atoms with Crippen molar-refractivity contribution in [3.05, 3.63) is 60.3 Å². The number of hydrogen-bond acceptors (Lipinski definition) is 7. The Bertz CT molecular complexity index is 1110. The molecule has 1 aromatic carbocycles.